The molecule has 0 aliphatic rings. The summed E-state index contributed by atoms with van der Waals surface area (Å²) < 4.78 is 29.2. The number of methoxy groups -OCH3 is 1. The zero-order valence-corrected chi connectivity index (χ0v) is 16.7. The third-order valence-electron chi connectivity index (χ3n) is 3.49. The second kappa shape index (κ2) is 8.16. The van der Waals surface area contributed by atoms with Crippen LogP contribution in [0.1, 0.15) is 5.56 Å². The Morgan fingerprint density at radius 3 is 2.46 bits per heavy atom. The van der Waals surface area contributed by atoms with Gasteiger partial charge >= 0.3 is 0 Å². The summed E-state index contributed by atoms with van der Waals surface area (Å²) in [6.45, 7) is 1.72. The molecule has 2 N–H and O–H groups in total. The summed E-state index contributed by atoms with van der Waals surface area (Å²) in [4.78, 5) is 12.1. The number of carbonyl (C=O) groups excluding carboxylic acids is 1. The van der Waals surface area contributed by atoms with Gasteiger partial charge in [0.2, 0.25) is 5.91 Å². The lowest BCUT2D eigenvalue weighted by Crippen LogP contribution is -2.23. The Labute approximate surface area is 162 Å². The molecule has 0 saturated carbocycles. The second-order valence-corrected chi connectivity index (χ2v) is 8.35. The maximum absolute atomic E-state index is 12.2. The minimum Gasteiger partial charge on any atom is -0.495 e. The molecule has 0 spiro atoms. The smallest absolute Gasteiger partial charge is 0.243 e. The third kappa shape index (κ3) is 4.81. The Balaban J connectivity index is 2.19. The summed E-state index contributed by atoms with van der Waals surface area (Å²) in [6.07, 6.45) is 1.02. The van der Waals surface area contributed by atoms with Crippen LogP contribution in [0.4, 0.5) is 11.4 Å². The van der Waals surface area contributed by atoms with E-state index in [9.17, 15) is 13.2 Å². The topological polar surface area (TPSA) is 84.5 Å². The number of amides is 1. The van der Waals surface area contributed by atoms with Gasteiger partial charge in [-0.2, -0.15) is 0 Å². The molecular formula is C17H18Cl2N2O4S. The first kappa shape index (κ1) is 20.4. The van der Waals surface area contributed by atoms with Gasteiger partial charge < -0.3 is 15.4 Å². The van der Waals surface area contributed by atoms with Gasteiger partial charge in [0.25, 0.3) is 0 Å². The molecule has 0 saturated heterocycles. The lowest BCUT2D eigenvalue weighted by Gasteiger charge is -2.14. The monoisotopic (exact) mass is 416 g/mol. The summed E-state index contributed by atoms with van der Waals surface area (Å²) >= 11 is 11.9. The second-order valence-electron chi connectivity index (χ2n) is 5.62. The van der Waals surface area contributed by atoms with E-state index in [2.05, 4.69) is 10.6 Å². The summed E-state index contributed by atoms with van der Waals surface area (Å²) in [5.74, 6) is 0.148. The SMILES string of the molecule is COc1ccc(C)cc1NC(=O)CNc1ccc(Cl)c(Cl)c1S(C)(=O)=O. The van der Waals surface area contributed by atoms with Gasteiger partial charge in [0.05, 0.1) is 35.1 Å². The predicted molar refractivity (Wildman–Crippen MR) is 104 cm³/mol. The van der Waals surface area contributed by atoms with E-state index in [1.54, 1.807) is 12.1 Å². The van der Waals surface area contributed by atoms with Crippen LogP contribution in [0.15, 0.2) is 35.2 Å². The molecular weight excluding hydrogens is 399 g/mol. The van der Waals surface area contributed by atoms with E-state index in [1.165, 1.54) is 19.2 Å². The first-order chi connectivity index (χ1) is 12.1. The number of benzene rings is 2. The molecule has 0 atom stereocenters. The van der Waals surface area contributed by atoms with Crippen molar-refractivity contribution in [1.82, 2.24) is 0 Å². The van der Waals surface area contributed by atoms with Gasteiger partial charge in [0.1, 0.15) is 10.6 Å². The number of anilines is 2. The van der Waals surface area contributed by atoms with Crippen LogP contribution in [-0.2, 0) is 14.6 Å². The summed E-state index contributed by atoms with van der Waals surface area (Å²) in [7, 11) is -2.13. The van der Waals surface area contributed by atoms with Gasteiger partial charge in [0, 0.05) is 6.26 Å². The van der Waals surface area contributed by atoms with E-state index in [0.29, 0.717) is 11.4 Å². The fraction of sp³-hybridized carbons (Fsp3) is 0.235. The van der Waals surface area contributed by atoms with Crippen LogP contribution in [0.5, 0.6) is 5.75 Å². The average Bonchev–Trinajstić information content (AvgIpc) is 2.55. The lowest BCUT2D eigenvalue weighted by molar-refractivity contribution is -0.114. The Morgan fingerprint density at radius 1 is 1.15 bits per heavy atom. The molecule has 6 nitrogen and oxygen atoms in total. The van der Waals surface area contributed by atoms with Crippen LogP contribution in [0.2, 0.25) is 10.0 Å². The molecule has 0 radical (unpaired) electrons. The van der Waals surface area contributed by atoms with Gasteiger partial charge in [0.15, 0.2) is 9.84 Å². The molecule has 2 aromatic carbocycles. The number of nitrogens with one attached hydrogen (secondary N) is 2. The van der Waals surface area contributed by atoms with E-state index in [0.717, 1.165) is 11.8 Å². The van der Waals surface area contributed by atoms with Crippen LogP contribution >= 0.6 is 23.2 Å². The normalized spacial score (nSPS) is 11.1. The van der Waals surface area contributed by atoms with Crippen molar-refractivity contribution >= 4 is 50.3 Å². The molecule has 0 unspecified atom stereocenters. The number of sulfone groups is 1. The highest BCUT2D eigenvalue weighted by Crippen LogP contribution is 2.35. The largest absolute Gasteiger partial charge is 0.495 e. The van der Waals surface area contributed by atoms with E-state index in [1.807, 2.05) is 13.0 Å². The molecule has 1 amide bonds. The van der Waals surface area contributed by atoms with Crippen LogP contribution < -0.4 is 15.4 Å². The highest BCUT2D eigenvalue weighted by atomic mass is 35.5. The van der Waals surface area contributed by atoms with Crippen molar-refractivity contribution in [2.24, 2.45) is 0 Å². The Bertz CT molecular complexity index is 946. The van der Waals surface area contributed by atoms with E-state index in [4.69, 9.17) is 27.9 Å². The average molecular weight is 417 g/mol. The number of hydrogen-bond acceptors (Lipinski definition) is 5. The Hall–Kier alpha value is -1.96. The van der Waals surface area contributed by atoms with Crippen LogP contribution in [-0.4, -0.2) is 34.2 Å². The van der Waals surface area contributed by atoms with Crippen molar-refractivity contribution in [2.45, 2.75) is 11.8 Å². The molecule has 9 heteroatoms. The quantitative estimate of drug-likeness (QED) is 0.748. The zero-order chi connectivity index (χ0) is 19.5. The highest BCUT2D eigenvalue weighted by molar-refractivity contribution is 7.91. The minimum atomic E-state index is -3.64. The fourth-order valence-electron chi connectivity index (χ4n) is 2.32. The fourth-order valence-corrected chi connectivity index (χ4v) is 4.10. The van der Waals surface area contributed by atoms with Gasteiger partial charge in [-0.05, 0) is 36.8 Å². The molecule has 2 aromatic rings. The van der Waals surface area contributed by atoms with E-state index < -0.39 is 9.84 Å². The van der Waals surface area contributed by atoms with Crippen molar-refractivity contribution in [3.8, 4) is 5.75 Å². The summed E-state index contributed by atoms with van der Waals surface area (Å²) in [6, 6.07) is 8.31. The van der Waals surface area contributed by atoms with Crippen molar-refractivity contribution in [2.75, 3.05) is 30.5 Å². The van der Waals surface area contributed by atoms with E-state index in [-0.39, 0.29) is 33.1 Å². The van der Waals surface area contributed by atoms with Crippen molar-refractivity contribution < 1.29 is 17.9 Å². The molecule has 0 aliphatic carbocycles. The number of ether oxygens (including phenoxy) is 1. The standard InChI is InChI=1S/C17H18Cl2N2O4S/c1-10-4-7-14(25-2)13(8-10)21-15(22)9-20-12-6-5-11(18)16(19)17(12)26(3,23)24/h4-8,20H,9H2,1-3H3,(H,21,22). The summed E-state index contributed by atoms with van der Waals surface area (Å²) in [5, 5.41) is 5.54. The molecule has 0 fully saturated rings. The molecule has 26 heavy (non-hydrogen) atoms. The molecule has 2 rings (SSSR count). The maximum Gasteiger partial charge on any atom is 0.243 e. The first-order valence-corrected chi connectivity index (χ1v) is 10.1. The van der Waals surface area contributed by atoms with Crippen LogP contribution in [0.25, 0.3) is 0 Å². The van der Waals surface area contributed by atoms with Gasteiger partial charge in [-0.3, -0.25) is 4.79 Å². The molecule has 0 bridgehead atoms. The number of aryl methyl sites for hydroxylation is 1. The maximum atomic E-state index is 12.2. The molecule has 140 valence electrons. The number of halogens is 2. The van der Waals surface area contributed by atoms with Crippen molar-refractivity contribution in [3.05, 3.63) is 45.9 Å². The van der Waals surface area contributed by atoms with Crippen LogP contribution in [0.3, 0.4) is 0 Å². The summed E-state index contributed by atoms with van der Waals surface area (Å²) in [5.41, 5.74) is 1.68. The van der Waals surface area contributed by atoms with Gasteiger partial charge in [-0.1, -0.05) is 29.3 Å². The highest BCUT2D eigenvalue weighted by Gasteiger charge is 2.20. The van der Waals surface area contributed by atoms with E-state index >= 15 is 0 Å². The Morgan fingerprint density at radius 2 is 1.85 bits per heavy atom. The minimum absolute atomic E-state index is 0.0834. The van der Waals surface area contributed by atoms with Gasteiger partial charge in [-0.25, -0.2) is 8.42 Å². The predicted octanol–water partition coefficient (Wildman–Crippen LogP) is 3.76. The van der Waals surface area contributed by atoms with Gasteiger partial charge in [-0.15, -0.1) is 0 Å². The van der Waals surface area contributed by atoms with Crippen LogP contribution in [0, 0.1) is 6.92 Å². The molecule has 0 aliphatic heterocycles. The number of carbonyl (C=O) groups is 1. The van der Waals surface area contributed by atoms with Crippen molar-refractivity contribution in [1.29, 1.82) is 0 Å². The Kier molecular flexibility index (Phi) is 6.39. The number of rotatable bonds is 6. The zero-order valence-electron chi connectivity index (χ0n) is 14.4. The first-order valence-electron chi connectivity index (χ1n) is 7.50. The number of hydrogen-bond donors (Lipinski definition) is 2. The lowest BCUT2D eigenvalue weighted by atomic mass is 10.2. The van der Waals surface area contributed by atoms with Crippen molar-refractivity contribution in [3.63, 3.8) is 0 Å². The molecule has 0 heterocycles. The third-order valence-corrected chi connectivity index (χ3v) is 5.57. The molecule has 0 aromatic heterocycles.